The van der Waals surface area contributed by atoms with E-state index in [9.17, 15) is 0 Å². The summed E-state index contributed by atoms with van der Waals surface area (Å²) in [5.74, 6) is 0.435. The highest BCUT2D eigenvalue weighted by molar-refractivity contribution is 5.34. The van der Waals surface area contributed by atoms with Crippen molar-refractivity contribution < 1.29 is 0 Å². The molecule has 72 valence electrons. The van der Waals surface area contributed by atoms with Gasteiger partial charge in [-0.25, -0.2) is 0 Å². The summed E-state index contributed by atoms with van der Waals surface area (Å²) in [7, 11) is 0. The largest absolute Gasteiger partial charge is 0.381 e. The normalized spacial score (nSPS) is 10.4. The molecule has 1 aromatic heterocycles. The molecule has 0 fully saturated rings. The maximum absolute atomic E-state index is 5.48. The molecule has 0 bridgehead atoms. The Labute approximate surface area is 82.4 Å². The van der Waals surface area contributed by atoms with Gasteiger partial charge in [-0.15, -0.1) is 9.90 Å². The molecule has 0 unspecified atom stereocenters. The van der Waals surface area contributed by atoms with Crippen LogP contribution in [0.2, 0.25) is 0 Å². The molecule has 0 radical (unpaired) electrons. The minimum Gasteiger partial charge on any atom is -0.381 e. The number of aryl methyl sites for hydroxylation is 1. The maximum Gasteiger partial charge on any atom is 0.166 e. The second kappa shape index (κ2) is 3.49. The lowest BCUT2D eigenvalue weighted by molar-refractivity contribution is 0.754. The second-order valence-electron chi connectivity index (χ2n) is 3.08. The predicted octanol–water partition coefficient (Wildman–Crippen LogP) is 1.41. The third-order valence-corrected chi connectivity index (χ3v) is 2.09. The third-order valence-electron chi connectivity index (χ3n) is 2.09. The van der Waals surface area contributed by atoms with Crippen LogP contribution < -0.4 is 5.73 Å². The van der Waals surface area contributed by atoms with Crippen molar-refractivity contribution in [3.63, 3.8) is 0 Å². The Hall–Kier alpha value is -1.84. The lowest BCUT2D eigenvalue weighted by atomic mass is 10.2. The molecular formula is C10H12N4. The number of hydrogen-bond acceptors (Lipinski definition) is 3. The highest BCUT2D eigenvalue weighted by atomic mass is 15.5. The summed E-state index contributed by atoms with van der Waals surface area (Å²) in [5.41, 5.74) is 7.71. The van der Waals surface area contributed by atoms with Crippen LogP contribution in [0.25, 0.3) is 5.69 Å². The minimum absolute atomic E-state index is 0.435. The Morgan fingerprint density at radius 2 is 2.00 bits per heavy atom. The molecule has 0 amide bonds. The first-order valence-electron chi connectivity index (χ1n) is 4.56. The lowest BCUT2D eigenvalue weighted by Gasteiger charge is -2.00. The van der Waals surface area contributed by atoms with Crippen molar-refractivity contribution in [3.05, 3.63) is 36.0 Å². The van der Waals surface area contributed by atoms with Crippen molar-refractivity contribution >= 4 is 5.82 Å². The van der Waals surface area contributed by atoms with Gasteiger partial charge >= 0.3 is 0 Å². The van der Waals surface area contributed by atoms with Gasteiger partial charge in [-0.3, -0.25) is 0 Å². The topological polar surface area (TPSA) is 56.7 Å². The lowest BCUT2D eigenvalue weighted by Crippen LogP contribution is -1.99. The molecule has 1 aromatic carbocycles. The van der Waals surface area contributed by atoms with E-state index in [0.717, 1.165) is 12.1 Å². The molecule has 2 aromatic rings. The van der Waals surface area contributed by atoms with Crippen molar-refractivity contribution in [2.24, 2.45) is 0 Å². The molecule has 0 aliphatic rings. The number of aromatic nitrogens is 3. The fourth-order valence-electron chi connectivity index (χ4n) is 1.26. The van der Waals surface area contributed by atoms with Gasteiger partial charge in [0, 0.05) is 0 Å². The number of benzene rings is 1. The number of nitrogens with zero attached hydrogens (tertiary/aromatic N) is 3. The van der Waals surface area contributed by atoms with E-state index in [2.05, 4.69) is 29.3 Å². The summed E-state index contributed by atoms with van der Waals surface area (Å²) < 4.78 is 0. The SMILES string of the molecule is CCc1ccc(-n2ncc(N)n2)cc1. The van der Waals surface area contributed by atoms with Crippen LogP contribution in [-0.2, 0) is 6.42 Å². The molecular weight excluding hydrogens is 176 g/mol. The van der Waals surface area contributed by atoms with E-state index in [1.165, 1.54) is 16.6 Å². The molecule has 2 rings (SSSR count). The first kappa shape index (κ1) is 8.74. The summed E-state index contributed by atoms with van der Waals surface area (Å²) in [6.07, 6.45) is 2.57. The fourth-order valence-corrected chi connectivity index (χ4v) is 1.26. The second-order valence-corrected chi connectivity index (χ2v) is 3.08. The highest BCUT2D eigenvalue weighted by Crippen LogP contribution is 2.08. The summed E-state index contributed by atoms with van der Waals surface area (Å²) in [4.78, 5) is 1.52. The van der Waals surface area contributed by atoms with Crippen LogP contribution in [0.5, 0.6) is 0 Å². The van der Waals surface area contributed by atoms with E-state index >= 15 is 0 Å². The highest BCUT2D eigenvalue weighted by Gasteiger charge is 1.99. The van der Waals surface area contributed by atoms with Gasteiger partial charge in [-0.1, -0.05) is 19.1 Å². The van der Waals surface area contributed by atoms with Crippen LogP contribution in [0.15, 0.2) is 30.5 Å². The summed E-state index contributed by atoms with van der Waals surface area (Å²) in [6.45, 7) is 2.12. The number of rotatable bonds is 2. The van der Waals surface area contributed by atoms with E-state index < -0.39 is 0 Å². The van der Waals surface area contributed by atoms with Gasteiger partial charge in [-0.2, -0.15) is 5.10 Å². The van der Waals surface area contributed by atoms with Crippen molar-refractivity contribution in [2.75, 3.05) is 5.73 Å². The predicted molar refractivity (Wildman–Crippen MR) is 55.1 cm³/mol. The fraction of sp³-hybridized carbons (Fsp3) is 0.200. The zero-order valence-electron chi connectivity index (χ0n) is 8.01. The Morgan fingerprint density at radius 1 is 1.29 bits per heavy atom. The van der Waals surface area contributed by atoms with E-state index in [4.69, 9.17) is 5.73 Å². The van der Waals surface area contributed by atoms with E-state index in [0.29, 0.717) is 5.82 Å². The summed E-state index contributed by atoms with van der Waals surface area (Å²) >= 11 is 0. The Morgan fingerprint density at radius 3 is 2.50 bits per heavy atom. The van der Waals surface area contributed by atoms with Gasteiger partial charge in [0.1, 0.15) is 0 Å². The standard InChI is InChI=1S/C10H12N4/c1-2-8-3-5-9(6-4-8)14-12-7-10(11)13-14/h3-7H,2H2,1H3,(H2,11,13). The van der Waals surface area contributed by atoms with E-state index in [1.807, 2.05) is 12.1 Å². The molecule has 0 atom stereocenters. The monoisotopic (exact) mass is 188 g/mol. The quantitative estimate of drug-likeness (QED) is 0.775. The number of hydrogen-bond donors (Lipinski definition) is 1. The maximum atomic E-state index is 5.48. The van der Waals surface area contributed by atoms with Crippen LogP contribution in [0.4, 0.5) is 5.82 Å². The molecule has 0 saturated carbocycles. The van der Waals surface area contributed by atoms with Crippen molar-refractivity contribution in [3.8, 4) is 5.69 Å². The van der Waals surface area contributed by atoms with Gasteiger partial charge < -0.3 is 5.73 Å². The minimum atomic E-state index is 0.435. The Balaban J connectivity index is 2.33. The average Bonchev–Trinajstić information content (AvgIpc) is 2.65. The zero-order chi connectivity index (χ0) is 9.97. The van der Waals surface area contributed by atoms with Gasteiger partial charge in [0.15, 0.2) is 5.82 Å². The molecule has 4 nitrogen and oxygen atoms in total. The smallest absolute Gasteiger partial charge is 0.166 e. The van der Waals surface area contributed by atoms with Gasteiger partial charge in [-0.05, 0) is 24.1 Å². The van der Waals surface area contributed by atoms with Crippen molar-refractivity contribution in [2.45, 2.75) is 13.3 Å². The van der Waals surface area contributed by atoms with Crippen LogP contribution in [0.1, 0.15) is 12.5 Å². The number of anilines is 1. The van der Waals surface area contributed by atoms with Crippen LogP contribution >= 0.6 is 0 Å². The molecule has 0 spiro atoms. The van der Waals surface area contributed by atoms with Gasteiger partial charge in [0.2, 0.25) is 0 Å². The molecule has 0 aliphatic heterocycles. The first-order chi connectivity index (χ1) is 6.79. The molecule has 0 saturated heterocycles. The Kier molecular flexibility index (Phi) is 2.18. The number of nitrogen functional groups attached to an aromatic ring is 1. The van der Waals surface area contributed by atoms with Crippen LogP contribution in [0.3, 0.4) is 0 Å². The summed E-state index contributed by atoms with van der Waals surface area (Å²) in [6, 6.07) is 8.10. The molecule has 1 heterocycles. The number of nitrogens with two attached hydrogens (primary N) is 1. The van der Waals surface area contributed by atoms with E-state index in [1.54, 1.807) is 0 Å². The van der Waals surface area contributed by atoms with Gasteiger partial charge in [0.25, 0.3) is 0 Å². The van der Waals surface area contributed by atoms with Gasteiger partial charge in [0.05, 0.1) is 11.9 Å². The molecule has 4 heteroatoms. The average molecular weight is 188 g/mol. The Bertz CT molecular complexity index is 416. The third kappa shape index (κ3) is 1.59. The van der Waals surface area contributed by atoms with Crippen molar-refractivity contribution in [1.29, 1.82) is 0 Å². The molecule has 14 heavy (non-hydrogen) atoms. The first-order valence-corrected chi connectivity index (χ1v) is 4.56. The van der Waals surface area contributed by atoms with Crippen LogP contribution in [-0.4, -0.2) is 15.0 Å². The van der Waals surface area contributed by atoms with E-state index in [-0.39, 0.29) is 0 Å². The zero-order valence-corrected chi connectivity index (χ0v) is 8.01. The molecule has 0 aliphatic carbocycles. The van der Waals surface area contributed by atoms with Crippen LogP contribution in [0, 0.1) is 0 Å². The molecule has 2 N–H and O–H groups in total. The van der Waals surface area contributed by atoms with Crippen molar-refractivity contribution in [1.82, 2.24) is 15.0 Å². The summed E-state index contributed by atoms with van der Waals surface area (Å²) in [5, 5.41) is 8.04.